The predicted octanol–water partition coefficient (Wildman–Crippen LogP) is 4.67. The summed E-state index contributed by atoms with van der Waals surface area (Å²) in [5.41, 5.74) is 0.865. The molecule has 2 nitrogen and oxygen atoms in total. The fourth-order valence-corrected chi connectivity index (χ4v) is 2.12. The normalized spacial score (nSPS) is 11.2. The smallest absolute Gasteiger partial charge is 0.335 e. The van der Waals surface area contributed by atoms with Crippen LogP contribution in [-0.2, 0) is 6.42 Å². The molecule has 2 aromatic rings. The zero-order chi connectivity index (χ0) is 16.2. The van der Waals surface area contributed by atoms with Crippen LogP contribution in [-0.4, -0.2) is 17.0 Å². The molecule has 0 saturated carbocycles. The van der Waals surface area contributed by atoms with Gasteiger partial charge in [-0.3, -0.25) is 0 Å². The van der Waals surface area contributed by atoms with E-state index in [0.717, 1.165) is 5.56 Å². The maximum absolute atomic E-state index is 14.2. The number of halogens is 2. The number of carboxylic acid groups (broad SMARTS) is 1. The Morgan fingerprint density at radius 1 is 1.00 bits per heavy atom. The molecule has 0 fully saturated rings. The summed E-state index contributed by atoms with van der Waals surface area (Å²) in [4.78, 5) is 10.8. The minimum Gasteiger partial charge on any atom is -0.478 e. The third-order valence-electron chi connectivity index (χ3n) is 3.49. The van der Waals surface area contributed by atoms with E-state index in [1.54, 1.807) is 12.1 Å². The quantitative estimate of drug-likeness (QED) is 0.842. The van der Waals surface area contributed by atoms with Gasteiger partial charge in [0.15, 0.2) is 0 Å². The van der Waals surface area contributed by atoms with E-state index in [1.807, 2.05) is 18.2 Å². The van der Waals surface area contributed by atoms with Crippen molar-refractivity contribution in [3.63, 3.8) is 0 Å². The van der Waals surface area contributed by atoms with Crippen LogP contribution >= 0.6 is 0 Å². The summed E-state index contributed by atoms with van der Waals surface area (Å²) in [7, 11) is 0. The lowest BCUT2D eigenvalue weighted by Gasteiger charge is -2.19. The van der Waals surface area contributed by atoms with Crippen molar-refractivity contribution in [1.82, 2.24) is 0 Å². The van der Waals surface area contributed by atoms with E-state index in [4.69, 9.17) is 5.11 Å². The standard InChI is InChI=1S/C18H16F2O2/c1-13(15-7-9-16(10-8-15)17(21)22)18(19,20)12-11-14-5-3-2-4-6-14/h2-10H,1,11-12H2,(H,21,22). The zero-order valence-electron chi connectivity index (χ0n) is 11.9. The van der Waals surface area contributed by atoms with Crippen LogP contribution in [0.1, 0.15) is 27.9 Å². The number of carbonyl (C=O) groups is 1. The Morgan fingerprint density at radius 3 is 2.09 bits per heavy atom. The molecule has 0 aliphatic rings. The summed E-state index contributed by atoms with van der Waals surface area (Å²) in [6.45, 7) is 3.49. The van der Waals surface area contributed by atoms with Gasteiger partial charge in [-0.2, -0.15) is 0 Å². The van der Waals surface area contributed by atoms with E-state index in [9.17, 15) is 13.6 Å². The first-order chi connectivity index (χ1) is 10.4. The first-order valence-electron chi connectivity index (χ1n) is 6.85. The van der Waals surface area contributed by atoms with Gasteiger partial charge in [0.2, 0.25) is 0 Å². The fraction of sp³-hybridized carbons (Fsp3) is 0.167. The second-order valence-corrected chi connectivity index (χ2v) is 5.05. The van der Waals surface area contributed by atoms with Crippen LogP contribution in [0.5, 0.6) is 0 Å². The number of allylic oxidation sites excluding steroid dienone is 1. The van der Waals surface area contributed by atoms with E-state index in [2.05, 4.69) is 6.58 Å². The van der Waals surface area contributed by atoms with Crippen LogP contribution in [0, 0.1) is 0 Å². The number of carboxylic acids is 1. The van der Waals surface area contributed by atoms with E-state index in [1.165, 1.54) is 24.3 Å². The highest BCUT2D eigenvalue weighted by molar-refractivity contribution is 5.88. The molecule has 0 atom stereocenters. The summed E-state index contributed by atoms with van der Waals surface area (Å²) in [5, 5.41) is 8.81. The van der Waals surface area contributed by atoms with Gasteiger partial charge in [-0.1, -0.05) is 49.0 Å². The van der Waals surface area contributed by atoms with Gasteiger partial charge < -0.3 is 5.11 Å². The van der Waals surface area contributed by atoms with Crippen LogP contribution in [0.2, 0.25) is 0 Å². The van der Waals surface area contributed by atoms with E-state index >= 15 is 0 Å². The Kier molecular flexibility index (Phi) is 4.71. The van der Waals surface area contributed by atoms with Gasteiger partial charge >= 0.3 is 5.97 Å². The Labute approximate surface area is 127 Å². The number of hydrogen-bond acceptors (Lipinski definition) is 1. The molecule has 1 N–H and O–H groups in total. The Balaban J connectivity index is 2.07. The Bertz CT molecular complexity index is 661. The molecular formula is C18H16F2O2. The van der Waals surface area contributed by atoms with Crippen LogP contribution in [0.4, 0.5) is 8.78 Å². The fourth-order valence-electron chi connectivity index (χ4n) is 2.12. The minimum absolute atomic E-state index is 0.0594. The highest BCUT2D eigenvalue weighted by atomic mass is 19.3. The Hall–Kier alpha value is -2.49. The van der Waals surface area contributed by atoms with Gasteiger partial charge in [0.1, 0.15) is 0 Å². The van der Waals surface area contributed by atoms with Gasteiger partial charge in [0.05, 0.1) is 5.56 Å². The highest BCUT2D eigenvalue weighted by Crippen LogP contribution is 2.35. The molecule has 0 saturated heterocycles. The zero-order valence-corrected chi connectivity index (χ0v) is 11.9. The van der Waals surface area contributed by atoms with Crippen molar-refractivity contribution in [3.8, 4) is 0 Å². The van der Waals surface area contributed by atoms with Crippen LogP contribution in [0.3, 0.4) is 0 Å². The lowest BCUT2D eigenvalue weighted by atomic mass is 9.95. The molecule has 0 heterocycles. The first-order valence-corrected chi connectivity index (χ1v) is 6.85. The number of benzene rings is 2. The number of aromatic carboxylic acids is 1. The van der Waals surface area contributed by atoms with Crippen LogP contribution in [0.15, 0.2) is 61.2 Å². The number of hydrogen-bond donors (Lipinski definition) is 1. The SMILES string of the molecule is C=C(c1ccc(C(=O)O)cc1)C(F)(F)CCc1ccccc1. The third kappa shape index (κ3) is 3.79. The van der Waals surface area contributed by atoms with E-state index < -0.39 is 11.9 Å². The largest absolute Gasteiger partial charge is 0.478 e. The van der Waals surface area contributed by atoms with Gasteiger partial charge in [-0.15, -0.1) is 0 Å². The van der Waals surface area contributed by atoms with Crippen LogP contribution in [0.25, 0.3) is 5.57 Å². The summed E-state index contributed by atoms with van der Waals surface area (Å²) in [5.74, 6) is -4.13. The number of aryl methyl sites for hydroxylation is 1. The van der Waals surface area contributed by atoms with Crippen molar-refractivity contribution in [2.45, 2.75) is 18.8 Å². The molecule has 2 aromatic carbocycles. The second kappa shape index (κ2) is 6.52. The summed E-state index contributed by atoms with van der Waals surface area (Å²) in [6.07, 6.45) is -0.0867. The van der Waals surface area contributed by atoms with E-state index in [-0.39, 0.29) is 29.5 Å². The Morgan fingerprint density at radius 2 is 1.55 bits per heavy atom. The summed E-state index contributed by atoms with van der Waals surface area (Å²) < 4.78 is 28.5. The van der Waals surface area contributed by atoms with Gasteiger partial charge in [-0.25, -0.2) is 13.6 Å². The van der Waals surface area contributed by atoms with Crippen molar-refractivity contribution >= 4 is 11.5 Å². The molecule has 0 aliphatic heterocycles. The number of rotatable bonds is 6. The van der Waals surface area contributed by atoms with E-state index in [0.29, 0.717) is 0 Å². The molecule has 0 unspecified atom stereocenters. The first kappa shape index (κ1) is 15.9. The van der Waals surface area contributed by atoms with Crippen molar-refractivity contribution in [1.29, 1.82) is 0 Å². The van der Waals surface area contributed by atoms with Crippen molar-refractivity contribution in [3.05, 3.63) is 77.9 Å². The molecule has 0 amide bonds. The lowest BCUT2D eigenvalue weighted by molar-refractivity contribution is 0.0578. The average Bonchev–Trinajstić information content (AvgIpc) is 2.53. The van der Waals surface area contributed by atoms with Crippen molar-refractivity contribution < 1.29 is 18.7 Å². The molecule has 4 heteroatoms. The van der Waals surface area contributed by atoms with Gasteiger partial charge in [-0.05, 0) is 29.7 Å². The van der Waals surface area contributed by atoms with Crippen molar-refractivity contribution in [2.75, 3.05) is 0 Å². The molecule has 0 radical (unpaired) electrons. The monoisotopic (exact) mass is 302 g/mol. The van der Waals surface area contributed by atoms with Crippen molar-refractivity contribution in [2.24, 2.45) is 0 Å². The maximum atomic E-state index is 14.2. The maximum Gasteiger partial charge on any atom is 0.335 e. The lowest BCUT2D eigenvalue weighted by Crippen LogP contribution is -2.19. The molecule has 2 rings (SSSR count). The third-order valence-corrected chi connectivity index (χ3v) is 3.49. The topological polar surface area (TPSA) is 37.3 Å². The second-order valence-electron chi connectivity index (χ2n) is 5.05. The highest BCUT2D eigenvalue weighted by Gasteiger charge is 2.33. The molecule has 114 valence electrons. The average molecular weight is 302 g/mol. The molecule has 0 aromatic heterocycles. The van der Waals surface area contributed by atoms with Gasteiger partial charge in [0.25, 0.3) is 5.92 Å². The van der Waals surface area contributed by atoms with Gasteiger partial charge in [0, 0.05) is 12.0 Å². The molecule has 0 bridgehead atoms. The summed E-state index contributed by atoms with van der Waals surface area (Å²) in [6, 6.07) is 14.4. The predicted molar refractivity (Wildman–Crippen MR) is 82.1 cm³/mol. The molecule has 0 aliphatic carbocycles. The summed E-state index contributed by atoms with van der Waals surface area (Å²) >= 11 is 0. The minimum atomic E-state index is -3.04. The van der Waals surface area contributed by atoms with Crippen LogP contribution < -0.4 is 0 Å². The molecule has 0 spiro atoms. The molecular weight excluding hydrogens is 286 g/mol. The number of alkyl halides is 2. The molecule has 22 heavy (non-hydrogen) atoms.